The molecule has 0 radical (unpaired) electrons. The quantitative estimate of drug-likeness (QED) is 0.449. The first-order valence-corrected chi connectivity index (χ1v) is 9.23. The van der Waals surface area contributed by atoms with Crippen molar-refractivity contribution in [1.82, 2.24) is 10.3 Å². The number of H-pyrrole nitrogens is 1. The van der Waals surface area contributed by atoms with E-state index in [9.17, 15) is 27.2 Å². The molecule has 1 aromatic heterocycles. The van der Waals surface area contributed by atoms with E-state index in [-0.39, 0.29) is 22.5 Å². The standard InChI is InChI=1S/C20H12F4N2O2S/c21-13-3-1-11(15(9-13)20(22,23)24)8-14(17-18(27)26-19(28)29-17)10-2-4-16-12(7-10)5-6-25-16/h1-7,9,25H,8H2,(H,26,27,28)/b17-14-. The van der Waals surface area contributed by atoms with E-state index in [2.05, 4.69) is 10.3 Å². The van der Waals surface area contributed by atoms with Crippen LogP contribution in [0.15, 0.2) is 53.6 Å². The van der Waals surface area contributed by atoms with Gasteiger partial charge in [-0.25, -0.2) is 4.39 Å². The van der Waals surface area contributed by atoms with Gasteiger partial charge in [0, 0.05) is 11.7 Å². The highest BCUT2D eigenvalue weighted by Crippen LogP contribution is 2.38. The Morgan fingerprint density at radius 1 is 1.03 bits per heavy atom. The van der Waals surface area contributed by atoms with E-state index in [1.807, 2.05) is 0 Å². The lowest BCUT2D eigenvalue weighted by atomic mass is 9.93. The first kappa shape index (κ1) is 19.3. The van der Waals surface area contributed by atoms with Crippen LogP contribution in [0.3, 0.4) is 0 Å². The Bertz CT molecular complexity index is 1180. The third-order valence-electron chi connectivity index (χ3n) is 4.54. The highest BCUT2D eigenvalue weighted by molar-refractivity contribution is 8.18. The van der Waals surface area contributed by atoms with Gasteiger partial charge in [-0.1, -0.05) is 12.1 Å². The molecule has 0 atom stereocenters. The van der Waals surface area contributed by atoms with Gasteiger partial charge in [-0.15, -0.1) is 0 Å². The summed E-state index contributed by atoms with van der Waals surface area (Å²) in [5, 5.41) is 2.33. The molecule has 2 amide bonds. The zero-order valence-corrected chi connectivity index (χ0v) is 15.4. The number of carbonyl (C=O) groups excluding carboxylic acids is 2. The third kappa shape index (κ3) is 3.77. The first-order valence-electron chi connectivity index (χ1n) is 8.42. The van der Waals surface area contributed by atoms with Crippen LogP contribution >= 0.6 is 11.8 Å². The van der Waals surface area contributed by atoms with E-state index in [1.54, 1.807) is 30.5 Å². The molecule has 0 aliphatic carbocycles. The van der Waals surface area contributed by atoms with Crippen molar-refractivity contribution in [3.05, 3.63) is 76.1 Å². The number of aromatic amines is 1. The number of halogens is 4. The second kappa shape index (κ2) is 7.07. The van der Waals surface area contributed by atoms with Gasteiger partial charge in [0.25, 0.3) is 11.1 Å². The fraction of sp³-hybridized carbons (Fsp3) is 0.100. The van der Waals surface area contributed by atoms with E-state index in [0.717, 1.165) is 23.0 Å². The average molecular weight is 420 g/mol. The molecule has 0 unspecified atom stereocenters. The molecule has 1 fully saturated rings. The fourth-order valence-corrected chi connectivity index (χ4v) is 4.01. The highest BCUT2D eigenvalue weighted by Gasteiger charge is 2.35. The van der Waals surface area contributed by atoms with Crippen LogP contribution < -0.4 is 5.32 Å². The van der Waals surface area contributed by atoms with E-state index < -0.39 is 28.7 Å². The molecule has 1 saturated heterocycles. The van der Waals surface area contributed by atoms with Crippen molar-refractivity contribution in [2.75, 3.05) is 0 Å². The van der Waals surface area contributed by atoms with E-state index in [0.29, 0.717) is 23.4 Å². The summed E-state index contributed by atoms with van der Waals surface area (Å²) in [6.45, 7) is 0. The Morgan fingerprint density at radius 2 is 1.83 bits per heavy atom. The molecular formula is C20H12F4N2O2S. The Hall–Kier alpha value is -3.07. The molecule has 2 heterocycles. The van der Waals surface area contributed by atoms with Gasteiger partial charge < -0.3 is 4.98 Å². The van der Waals surface area contributed by atoms with Gasteiger partial charge in [-0.2, -0.15) is 13.2 Å². The Morgan fingerprint density at radius 3 is 2.52 bits per heavy atom. The van der Waals surface area contributed by atoms with Crippen LogP contribution in [0.25, 0.3) is 16.5 Å². The molecule has 148 valence electrons. The number of alkyl halides is 3. The van der Waals surface area contributed by atoms with Gasteiger partial charge in [-0.05, 0) is 70.6 Å². The van der Waals surface area contributed by atoms with Crippen LogP contribution in [0, 0.1) is 5.82 Å². The van der Waals surface area contributed by atoms with Crippen molar-refractivity contribution >= 4 is 39.4 Å². The number of allylic oxidation sites excluding steroid dienone is 1. The number of thioether (sulfide) groups is 1. The van der Waals surface area contributed by atoms with Crippen molar-refractivity contribution in [1.29, 1.82) is 0 Å². The Labute approximate surface area is 166 Å². The van der Waals surface area contributed by atoms with Crippen molar-refractivity contribution in [2.45, 2.75) is 12.6 Å². The zero-order valence-electron chi connectivity index (χ0n) is 14.6. The largest absolute Gasteiger partial charge is 0.416 e. The summed E-state index contributed by atoms with van der Waals surface area (Å²) in [4.78, 5) is 26.9. The summed E-state index contributed by atoms with van der Waals surface area (Å²) in [5.41, 5.74) is 0.271. The zero-order chi connectivity index (χ0) is 20.8. The van der Waals surface area contributed by atoms with Gasteiger partial charge in [-0.3, -0.25) is 14.9 Å². The van der Waals surface area contributed by atoms with Crippen molar-refractivity contribution in [3.8, 4) is 0 Å². The summed E-state index contributed by atoms with van der Waals surface area (Å²) in [7, 11) is 0. The third-order valence-corrected chi connectivity index (χ3v) is 5.46. The van der Waals surface area contributed by atoms with E-state index in [4.69, 9.17) is 0 Å². The van der Waals surface area contributed by atoms with Crippen LogP contribution in [0.4, 0.5) is 22.4 Å². The van der Waals surface area contributed by atoms with Crippen LogP contribution in [0.1, 0.15) is 16.7 Å². The maximum atomic E-state index is 13.5. The summed E-state index contributed by atoms with van der Waals surface area (Å²) in [5.74, 6) is -1.67. The van der Waals surface area contributed by atoms with E-state index >= 15 is 0 Å². The van der Waals surface area contributed by atoms with Gasteiger partial charge in [0.05, 0.1) is 10.5 Å². The molecule has 2 N–H and O–H groups in total. The second-order valence-electron chi connectivity index (χ2n) is 6.41. The van der Waals surface area contributed by atoms with Crippen molar-refractivity contribution in [2.24, 2.45) is 0 Å². The SMILES string of the molecule is O=C1NC(=O)/C(=C(\Cc2ccc(F)cc2C(F)(F)F)c2ccc3[nH]ccc3c2)S1. The monoisotopic (exact) mass is 420 g/mol. The van der Waals surface area contributed by atoms with Crippen LogP contribution in [0.5, 0.6) is 0 Å². The fourth-order valence-electron chi connectivity index (χ4n) is 3.22. The number of carbonyl (C=O) groups is 2. The lowest BCUT2D eigenvalue weighted by Gasteiger charge is -2.16. The van der Waals surface area contributed by atoms with Crippen LogP contribution in [-0.4, -0.2) is 16.1 Å². The molecule has 9 heteroatoms. The number of imide groups is 1. The van der Waals surface area contributed by atoms with Crippen LogP contribution in [0.2, 0.25) is 0 Å². The first-order chi connectivity index (χ1) is 13.7. The van der Waals surface area contributed by atoms with Gasteiger partial charge in [0.2, 0.25) is 0 Å². The molecule has 2 aromatic carbocycles. The van der Waals surface area contributed by atoms with Crippen LogP contribution in [-0.2, 0) is 17.4 Å². The molecule has 1 aliphatic rings. The number of benzene rings is 2. The van der Waals surface area contributed by atoms with Gasteiger partial charge in [0.1, 0.15) is 5.82 Å². The molecule has 0 saturated carbocycles. The van der Waals surface area contributed by atoms with Crippen molar-refractivity contribution < 1.29 is 27.2 Å². The number of amides is 2. The maximum absolute atomic E-state index is 13.5. The lowest BCUT2D eigenvalue weighted by Crippen LogP contribution is -2.18. The molecule has 1 aliphatic heterocycles. The number of aromatic nitrogens is 1. The average Bonchev–Trinajstić information content (AvgIpc) is 3.25. The summed E-state index contributed by atoms with van der Waals surface area (Å²) in [6, 6.07) is 9.32. The van der Waals surface area contributed by atoms with Crippen molar-refractivity contribution in [3.63, 3.8) is 0 Å². The maximum Gasteiger partial charge on any atom is 0.416 e. The van der Waals surface area contributed by atoms with E-state index in [1.165, 1.54) is 0 Å². The van der Waals surface area contributed by atoms with Gasteiger partial charge >= 0.3 is 6.18 Å². The number of rotatable bonds is 3. The molecule has 3 aromatic rings. The normalized spacial score (nSPS) is 16.4. The molecule has 29 heavy (non-hydrogen) atoms. The minimum Gasteiger partial charge on any atom is -0.361 e. The molecule has 4 nitrogen and oxygen atoms in total. The minimum absolute atomic E-state index is 0.0299. The Balaban J connectivity index is 1.88. The molecule has 0 spiro atoms. The summed E-state index contributed by atoms with van der Waals surface area (Å²) in [6.07, 6.45) is -3.35. The smallest absolute Gasteiger partial charge is 0.361 e. The lowest BCUT2D eigenvalue weighted by molar-refractivity contribution is -0.138. The summed E-state index contributed by atoms with van der Waals surface area (Å²) < 4.78 is 53.8. The molecule has 4 rings (SSSR count). The number of nitrogens with one attached hydrogen (secondary N) is 2. The number of hydrogen-bond acceptors (Lipinski definition) is 3. The number of fused-ring (bicyclic) bond motifs is 1. The topological polar surface area (TPSA) is 62.0 Å². The predicted molar refractivity (Wildman–Crippen MR) is 101 cm³/mol. The van der Waals surface area contributed by atoms with Gasteiger partial charge in [0.15, 0.2) is 0 Å². The summed E-state index contributed by atoms with van der Waals surface area (Å²) >= 11 is 0.637. The Kier molecular flexibility index (Phi) is 4.70. The highest BCUT2D eigenvalue weighted by atomic mass is 32.2. The molecule has 0 bridgehead atoms. The number of hydrogen-bond donors (Lipinski definition) is 2. The minimum atomic E-state index is -4.77. The second-order valence-corrected chi connectivity index (χ2v) is 7.39. The molecular weight excluding hydrogens is 408 g/mol. The predicted octanol–water partition coefficient (Wildman–Crippen LogP) is 5.26.